The molecule has 3 aromatic rings. The summed E-state index contributed by atoms with van der Waals surface area (Å²) in [6.45, 7) is 6.98. The minimum absolute atomic E-state index is 0.177. The number of piperidine rings is 1. The number of fused-ring (bicyclic) bond motifs is 2. The van der Waals surface area contributed by atoms with Crippen LogP contribution in [0.15, 0.2) is 47.3 Å². The maximum Gasteiger partial charge on any atom is 0.341 e. The number of carboxylic acid groups (broad SMARTS) is 1. The molecule has 8 nitrogen and oxygen atoms in total. The molecule has 1 aromatic heterocycles. The van der Waals surface area contributed by atoms with Crippen molar-refractivity contribution in [3.63, 3.8) is 0 Å². The number of benzene rings is 2. The Hall–Kier alpha value is -3.36. The van der Waals surface area contributed by atoms with E-state index >= 15 is 0 Å². The maximum atomic E-state index is 12.9. The number of aromatic carboxylic acids is 1. The minimum Gasteiger partial charge on any atom is -0.486 e. The number of pyridine rings is 1. The zero-order valence-electron chi connectivity index (χ0n) is 20.0. The van der Waals surface area contributed by atoms with E-state index in [0.29, 0.717) is 32.3 Å². The molecule has 5 rings (SSSR count). The van der Waals surface area contributed by atoms with Crippen LogP contribution in [-0.2, 0) is 13.1 Å². The molecule has 1 saturated heterocycles. The number of likely N-dealkylation sites (tertiary alicyclic amines) is 1. The van der Waals surface area contributed by atoms with Gasteiger partial charge in [0.05, 0.1) is 5.52 Å². The molecular formula is C27H31N3O5. The number of carbonyl (C=O) groups is 1. The lowest BCUT2D eigenvalue weighted by molar-refractivity contribution is 0.0694. The summed E-state index contributed by atoms with van der Waals surface area (Å²) < 4.78 is 12.9. The number of hydrogen-bond acceptors (Lipinski definition) is 6. The van der Waals surface area contributed by atoms with E-state index in [9.17, 15) is 14.7 Å². The summed E-state index contributed by atoms with van der Waals surface area (Å²) in [7, 11) is 0. The molecule has 3 heterocycles. The van der Waals surface area contributed by atoms with Gasteiger partial charge in [-0.05, 0) is 73.6 Å². The first-order valence-corrected chi connectivity index (χ1v) is 12.2. The smallest absolute Gasteiger partial charge is 0.341 e. The molecule has 0 bridgehead atoms. The largest absolute Gasteiger partial charge is 0.486 e. The van der Waals surface area contributed by atoms with Gasteiger partial charge in [0.2, 0.25) is 0 Å². The summed E-state index contributed by atoms with van der Waals surface area (Å²) in [6, 6.07) is 13.8. The monoisotopic (exact) mass is 477 g/mol. The number of aryl methyl sites for hydroxylation is 1. The highest BCUT2D eigenvalue weighted by molar-refractivity contribution is 5.92. The predicted octanol–water partition coefficient (Wildman–Crippen LogP) is 3.03. The Kier molecular flexibility index (Phi) is 6.74. The SMILES string of the molecule is Cc1ccc2cc(C(=O)O)c(=O)n(CCN3CCC(NCc4ccc5c(c4)OCCO5)CC3)c2c1. The Morgan fingerprint density at radius 2 is 1.80 bits per heavy atom. The molecule has 2 N–H and O–H groups in total. The second kappa shape index (κ2) is 10.1. The minimum atomic E-state index is -1.18. The molecule has 1 fully saturated rings. The highest BCUT2D eigenvalue weighted by Gasteiger charge is 2.21. The Morgan fingerprint density at radius 1 is 1.03 bits per heavy atom. The quantitative estimate of drug-likeness (QED) is 0.540. The fourth-order valence-corrected chi connectivity index (χ4v) is 4.92. The fraction of sp³-hybridized carbons (Fsp3) is 0.407. The van der Waals surface area contributed by atoms with E-state index in [-0.39, 0.29) is 5.56 Å². The molecule has 184 valence electrons. The molecule has 0 amide bonds. The van der Waals surface area contributed by atoms with Crippen LogP contribution >= 0.6 is 0 Å². The van der Waals surface area contributed by atoms with E-state index in [1.165, 1.54) is 11.6 Å². The number of rotatable bonds is 7. The van der Waals surface area contributed by atoms with Crippen molar-refractivity contribution in [1.29, 1.82) is 0 Å². The molecule has 0 spiro atoms. The number of nitrogens with zero attached hydrogens (tertiary/aromatic N) is 2. The summed E-state index contributed by atoms with van der Waals surface area (Å²) >= 11 is 0. The summed E-state index contributed by atoms with van der Waals surface area (Å²) in [5.41, 5.74) is 2.39. The van der Waals surface area contributed by atoms with Crippen LogP contribution in [0.1, 0.15) is 34.3 Å². The summed E-state index contributed by atoms with van der Waals surface area (Å²) in [6.07, 6.45) is 2.04. The van der Waals surface area contributed by atoms with Gasteiger partial charge in [-0.15, -0.1) is 0 Å². The van der Waals surface area contributed by atoms with Crippen molar-refractivity contribution in [3.8, 4) is 11.5 Å². The number of ether oxygens (including phenoxy) is 2. The van der Waals surface area contributed by atoms with Gasteiger partial charge in [0.15, 0.2) is 11.5 Å². The highest BCUT2D eigenvalue weighted by Crippen LogP contribution is 2.30. The normalized spacial score (nSPS) is 16.5. The molecular weight excluding hydrogens is 446 g/mol. The lowest BCUT2D eigenvalue weighted by atomic mass is 10.0. The number of carboxylic acids is 1. The maximum absolute atomic E-state index is 12.9. The summed E-state index contributed by atoms with van der Waals surface area (Å²) in [5.74, 6) is 0.440. The highest BCUT2D eigenvalue weighted by atomic mass is 16.6. The van der Waals surface area contributed by atoms with E-state index in [2.05, 4.69) is 16.3 Å². The third kappa shape index (κ3) is 5.18. The van der Waals surface area contributed by atoms with Gasteiger partial charge in [-0.25, -0.2) is 4.79 Å². The van der Waals surface area contributed by atoms with Crippen molar-refractivity contribution in [2.24, 2.45) is 0 Å². The first kappa shape index (κ1) is 23.4. The zero-order chi connectivity index (χ0) is 24.4. The van der Waals surface area contributed by atoms with Crippen molar-refractivity contribution < 1.29 is 19.4 Å². The summed E-state index contributed by atoms with van der Waals surface area (Å²) in [5, 5.41) is 13.9. The molecule has 2 aliphatic heterocycles. The van der Waals surface area contributed by atoms with Crippen molar-refractivity contribution in [2.75, 3.05) is 32.8 Å². The van der Waals surface area contributed by atoms with E-state index in [4.69, 9.17) is 9.47 Å². The average Bonchev–Trinajstić information content (AvgIpc) is 2.87. The van der Waals surface area contributed by atoms with Gasteiger partial charge >= 0.3 is 5.97 Å². The van der Waals surface area contributed by atoms with Gasteiger partial charge in [-0.3, -0.25) is 4.79 Å². The lowest BCUT2D eigenvalue weighted by Crippen LogP contribution is -2.43. The van der Waals surface area contributed by atoms with Crippen LogP contribution < -0.4 is 20.3 Å². The molecule has 8 heteroatoms. The second-order valence-corrected chi connectivity index (χ2v) is 9.36. The van der Waals surface area contributed by atoms with Crippen molar-refractivity contribution in [3.05, 3.63) is 69.5 Å². The van der Waals surface area contributed by atoms with Crippen LogP contribution in [-0.4, -0.2) is 59.4 Å². The second-order valence-electron chi connectivity index (χ2n) is 9.36. The Bertz CT molecular complexity index is 1290. The molecule has 0 aliphatic carbocycles. The van der Waals surface area contributed by atoms with E-state index in [0.717, 1.165) is 60.4 Å². The first-order valence-electron chi connectivity index (χ1n) is 12.2. The van der Waals surface area contributed by atoms with Gasteiger partial charge < -0.3 is 29.4 Å². The predicted molar refractivity (Wildman–Crippen MR) is 134 cm³/mol. The van der Waals surface area contributed by atoms with Gasteiger partial charge in [0, 0.05) is 25.7 Å². The third-order valence-electron chi connectivity index (χ3n) is 6.91. The molecule has 0 radical (unpaired) electrons. The van der Waals surface area contributed by atoms with Gasteiger partial charge in [0.25, 0.3) is 5.56 Å². The van der Waals surface area contributed by atoms with Crippen LogP contribution in [0, 0.1) is 6.92 Å². The zero-order valence-corrected chi connectivity index (χ0v) is 20.0. The van der Waals surface area contributed by atoms with Crippen LogP contribution in [0.5, 0.6) is 11.5 Å². The van der Waals surface area contributed by atoms with Gasteiger partial charge in [-0.2, -0.15) is 0 Å². The Morgan fingerprint density at radius 3 is 2.57 bits per heavy atom. The third-order valence-corrected chi connectivity index (χ3v) is 6.91. The standard InChI is InChI=1S/C27H31N3O5/c1-18-2-4-20-16-22(27(32)33)26(31)30(23(20)14-18)11-10-29-8-6-21(7-9-29)28-17-19-3-5-24-25(15-19)35-13-12-34-24/h2-5,14-16,21,28H,6-13,17H2,1H3,(H,32,33). The van der Waals surface area contributed by atoms with Crippen LogP contribution in [0.3, 0.4) is 0 Å². The lowest BCUT2D eigenvalue weighted by Gasteiger charge is -2.32. The van der Waals surface area contributed by atoms with Crippen molar-refractivity contribution in [1.82, 2.24) is 14.8 Å². The van der Waals surface area contributed by atoms with Crippen molar-refractivity contribution >= 4 is 16.9 Å². The topological polar surface area (TPSA) is 93.0 Å². The van der Waals surface area contributed by atoms with Crippen LogP contribution in [0.25, 0.3) is 10.9 Å². The molecule has 2 aliphatic rings. The first-order chi connectivity index (χ1) is 17.0. The van der Waals surface area contributed by atoms with E-state index < -0.39 is 11.5 Å². The number of nitrogens with one attached hydrogen (secondary N) is 1. The van der Waals surface area contributed by atoms with Crippen LogP contribution in [0.2, 0.25) is 0 Å². The molecule has 0 saturated carbocycles. The number of hydrogen-bond donors (Lipinski definition) is 2. The molecule has 2 aromatic carbocycles. The van der Waals surface area contributed by atoms with Gasteiger partial charge in [0.1, 0.15) is 18.8 Å². The summed E-state index contributed by atoms with van der Waals surface area (Å²) in [4.78, 5) is 26.9. The number of aromatic nitrogens is 1. The average molecular weight is 478 g/mol. The molecule has 35 heavy (non-hydrogen) atoms. The fourth-order valence-electron chi connectivity index (χ4n) is 4.92. The Balaban J connectivity index is 1.18. The Labute approximate surface area is 204 Å². The van der Waals surface area contributed by atoms with E-state index in [1.807, 2.05) is 37.3 Å². The van der Waals surface area contributed by atoms with Crippen molar-refractivity contribution in [2.45, 2.75) is 38.9 Å². The molecule has 0 atom stereocenters. The molecule has 0 unspecified atom stereocenters. The van der Waals surface area contributed by atoms with E-state index in [1.54, 1.807) is 4.57 Å². The van der Waals surface area contributed by atoms with Crippen LogP contribution in [0.4, 0.5) is 0 Å². The van der Waals surface area contributed by atoms with Gasteiger partial charge in [-0.1, -0.05) is 18.2 Å².